The summed E-state index contributed by atoms with van der Waals surface area (Å²) in [5.41, 5.74) is -1.66. The monoisotopic (exact) mass is 216 g/mol. The normalized spacial score (nSPS) is 10.4. The van der Waals surface area contributed by atoms with Crippen LogP contribution in [0, 0.1) is 6.92 Å². The van der Waals surface area contributed by atoms with E-state index in [2.05, 4.69) is 15.9 Å². The maximum absolute atomic E-state index is 10.9. The van der Waals surface area contributed by atoms with Crippen molar-refractivity contribution in [3.63, 3.8) is 0 Å². The van der Waals surface area contributed by atoms with E-state index in [1.807, 2.05) is 0 Å². The third-order valence-electron chi connectivity index (χ3n) is 1.61. The topological polar surface area (TPSA) is 51.2 Å². The Labute approximate surface area is 70.5 Å². The molecule has 0 N–H and O–H groups in total. The van der Waals surface area contributed by atoms with Crippen molar-refractivity contribution >= 4 is 15.9 Å². The predicted octanol–water partition coefficient (Wildman–Crippen LogP) is -0.154. The number of rotatable bonds is 1. The molecule has 0 bridgehead atoms. The fourth-order valence-electron chi connectivity index (χ4n) is 0.879. The van der Waals surface area contributed by atoms with Crippen molar-refractivity contribution in [2.75, 3.05) is 0 Å². The summed E-state index contributed by atoms with van der Waals surface area (Å²) in [6.07, 6.45) is 0. The second-order valence-corrected chi connectivity index (χ2v) is 2.79. The van der Waals surface area contributed by atoms with Gasteiger partial charge in [0.1, 0.15) is 0 Å². The van der Waals surface area contributed by atoms with Crippen LogP contribution in [-0.4, -0.2) is 0 Å². The standard InChI is InChI=1S/C7H5BrO3/c1-3-4(2-8)6(10)7(11)5(3)9/h2H2,1H3. The van der Waals surface area contributed by atoms with Crippen LogP contribution in [0.3, 0.4) is 0 Å². The molecule has 0 aromatic heterocycles. The summed E-state index contributed by atoms with van der Waals surface area (Å²) in [5.74, 6) is 0. The molecule has 1 aromatic carbocycles. The van der Waals surface area contributed by atoms with Crippen molar-refractivity contribution in [1.29, 1.82) is 0 Å². The molecule has 1 aromatic rings. The lowest BCUT2D eigenvalue weighted by molar-refractivity contribution is 1.33. The van der Waals surface area contributed by atoms with Gasteiger partial charge in [-0.1, -0.05) is 15.9 Å². The Kier molecular flexibility index (Phi) is 2.04. The molecule has 3 nitrogen and oxygen atoms in total. The van der Waals surface area contributed by atoms with E-state index >= 15 is 0 Å². The summed E-state index contributed by atoms with van der Waals surface area (Å²) < 4.78 is 0. The van der Waals surface area contributed by atoms with Gasteiger partial charge < -0.3 is 0 Å². The van der Waals surface area contributed by atoms with Crippen LogP contribution in [0.4, 0.5) is 0 Å². The van der Waals surface area contributed by atoms with Crippen LogP contribution >= 0.6 is 15.9 Å². The van der Waals surface area contributed by atoms with E-state index in [9.17, 15) is 14.4 Å². The first-order chi connectivity index (χ1) is 5.09. The van der Waals surface area contributed by atoms with Gasteiger partial charge in [-0.25, -0.2) is 0 Å². The average molecular weight is 217 g/mol. The fraction of sp³-hybridized carbons (Fsp3) is 0.286. The highest BCUT2D eigenvalue weighted by atomic mass is 79.9. The average Bonchev–Trinajstić information content (AvgIpc) is 2.17. The van der Waals surface area contributed by atoms with Gasteiger partial charge in [-0.15, -0.1) is 0 Å². The Morgan fingerprint density at radius 2 is 1.64 bits per heavy atom. The fourth-order valence-corrected chi connectivity index (χ4v) is 1.55. The largest absolute Gasteiger partial charge is 0.285 e. The van der Waals surface area contributed by atoms with E-state index < -0.39 is 16.3 Å². The zero-order chi connectivity index (χ0) is 8.59. The molecular weight excluding hydrogens is 212 g/mol. The van der Waals surface area contributed by atoms with Gasteiger partial charge in [-0.2, -0.15) is 0 Å². The van der Waals surface area contributed by atoms with Crippen molar-refractivity contribution < 1.29 is 0 Å². The third kappa shape index (κ3) is 1.07. The van der Waals surface area contributed by atoms with Crippen LogP contribution in [0.15, 0.2) is 14.4 Å². The number of halogens is 1. The first-order valence-corrected chi connectivity index (χ1v) is 4.10. The van der Waals surface area contributed by atoms with Gasteiger partial charge in [0.2, 0.25) is 10.9 Å². The summed E-state index contributed by atoms with van der Waals surface area (Å²) in [5, 5.41) is 0.273. The molecule has 0 heterocycles. The summed E-state index contributed by atoms with van der Waals surface area (Å²) in [7, 11) is 0. The van der Waals surface area contributed by atoms with E-state index in [-0.39, 0.29) is 10.9 Å². The molecular formula is C7H5BrO3. The van der Waals surface area contributed by atoms with Crippen molar-refractivity contribution in [2.24, 2.45) is 0 Å². The Morgan fingerprint density at radius 3 is 1.82 bits per heavy atom. The number of alkyl halides is 1. The van der Waals surface area contributed by atoms with Gasteiger partial charge in [0.15, 0.2) is 0 Å². The Bertz CT molecular complexity index is 412. The van der Waals surface area contributed by atoms with Crippen molar-refractivity contribution in [3.8, 4) is 0 Å². The maximum atomic E-state index is 10.9. The molecule has 0 aliphatic heterocycles. The molecule has 0 aliphatic rings. The van der Waals surface area contributed by atoms with Gasteiger partial charge in [-0.05, 0) is 6.92 Å². The van der Waals surface area contributed by atoms with E-state index in [0.29, 0.717) is 5.56 Å². The van der Waals surface area contributed by atoms with Crippen LogP contribution in [0.2, 0.25) is 0 Å². The molecule has 4 heteroatoms. The summed E-state index contributed by atoms with van der Waals surface area (Å²) in [4.78, 5) is 32.5. The number of hydrogen-bond donors (Lipinski definition) is 0. The van der Waals surface area contributed by atoms with Crippen molar-refractivity contribution in [3.05, 3.63) is 41.8 Å². The Morgan fingerprint density at radius 1 is 1.09 bits per heavy atom. The minimum absolute atomic E-state index is 0.273. The van der Waals surface area contributed by atoms with E-state index in [1.165, 1.54) is 6.92 Å². The van der Waals surface area contributed by atoms with Crippen LogP contribution in [0.25, 0.3) is 0 Å². The minimum Gasteiger partial charge on any atom is -0.285 e. The Balaban J connectivity index is 3.77. The quantitative estimate of drug-likeness (QED) is 0.485. The molecule has 0 spiro atoms. The smallest absolute Gasteiger partial charge is 0.273 e. The SMILES string of the molecule is Cc1c(CBr)c(=O)c(=O)c1=O. The van der Waals surface area contributed by atoms with Gasteiger partial charge >= 0.3 is 0 Å². The summed E-state index contributed by atoms with van der Waals surface area (Å²) in [6, 6.07) is 0. The third-order valence-corrected chi connectivity index (χ3v) is 2.17. The number of hydrogen-bond acceptors (Lipinski definition) is 3. The van der Waals surface area contributed by atoms with E-state index in [0.717, 1.165) is 0 Å². The lowest BCUT2D eigenvalue weighted by atomic mass is 10.2. The molecule has 0 radical (unpaired) electrons. The molecule has 0 saturated heterocycles. The highest BCUT2D eigenvalue weighted by Crippen LogP contribution is 2.00. The highest BCUT2D eigenvalue weighted by Gasteiger charge is 2.13. The second-order valence-electron chi connectivity index (χ2n) is 2.22. The molecule has 11 heavy (non-hydrogen) atoms. The first kappa shape index (κ1) is 8.33. The molecule has 0 unspecified atom stereocenters. The molecule has 0 aliphatic carbocycles. The van der Waals surface area contributed by atoms with Gasteiger partial charge in [0.25, 0.3) is 5.43 Å². The predicted molar refractivity (Wildman–Crippen MR) is 45.0 cm³/mol. The van der Waals surface area contributed by atoms with Crippen molar-refractivity contribution in [1.82, 2.24) is 0 Å². The van der Waals surface area contributed by atoms with E-state index in [4.69, 9.17) is 0 Å². The maximum Gasteiger partial charge on any atom is 0.273 e. The summed E-state index contributed by atoms with van der Waals surface area (Å²) in [6.45, 7) is 1.49. The van der Waals surface area contributed by atoms with Crippen LogP contribution in [-0.2, 0) is 5.33 Å². The highest BCUT2D eigenvalue weighted by molar-refractivity contribution is 9.08. The molecule has 0 saturated carbocycles. The summed E-state index contributed by atoms with van der Waals surface area (Å²) >= 11 is 3.03. The van der Waals surface area contributed by atoms with Gasteiger partial charge in [-0.3, -0.25) is 14.4 Å². The molecule has 0 atom stereocenters. The zero-order valence-corrected chi connectivity index (χ0v) is 7.40. The minimum atomic E-state index is -0.906. The Hall–Kier alpha value is -0.770. The molecule has 1 rings (SSSR count). The van der Waals surface area contributed by atoms with Gasteiger partial charge in [0, 0.05) is 16.5 Å². The molecule has 0 amide bonds. The molecule has 0 fully saturated rings. The second kappa shape index (κ2) is 2.70. The van der Waals surface area contributed by atoms with Crippen LogP contribution < -0.4 is 16.3 Å². The van der Waals surface area contributed by atoms with Crippen molar-refractivity contribution in [2.45, 2.75) is 12.3 Å². The van der Waals surface area contributed by atoms with Crippen LogP contribution in [0.5, 0.6) is 0 Å². The van der Waals surface area contributed by atoms with Crippen LogP contribution in [0.1, 0.15) is 11.1 Å². The van der Waals surface area contributed by atoms with E-state index in [1.54, 1.807) is 0 Å². The lowest BCUT2D eigenvalue weighted by Crippen LogP contribution is -2.30. The van der Waals surface area contributed by atoms with Gasteiger partial charge in [0.05, 0.1) is 0 Å². The molecule has 58 valence electrons. The first-order valence-electron chi connectivity index (χ1n) is 2.98. The zero-order valence-electron chi connectivity index (χ0n) is 5.81. The lowest BCUT2D eigenvalue weighted by Gasteiger charge is -1.84.